The summed E-state index contributed by atoms with van der Waals surface area (Å²) in [7, 11) is 0. The summed E-state index contributed by atoms with van der Waals surface area (Å²) < 4.78 is 35.2. The molecule has 0 saturated carbocycles. The van der Waals surface area contributed by atoms with Gasteiger partial charge in [-0.2, -0.15) is 0 Å². The number of hydrogen-bond acceptors (Lipinski definition) is 12. The van der Waals surface area contributed by atoms with E-state index in [0.29, 0.717) is 85.2 Å². The van der Waals surface area contributed by atoms with Crippen LogP contribution < -0.4 is 16.4 Å². The smallest absolute Gasteiger partial charge is 0.306 e. The van der Waals surface area contributed by atoms with Crippen molar-refractivity contribution in [2.45, 2.75) is 239 Å². The lowest BCUT2D eigenvalue weighted by molar-refractivity contribution is -0.157. The number of rotatable bonds is 56. The number of esters is 2. The topological polar surface area (TPSA) is 160 Å². The van der Waals surface area contributed by atoms with Gasteiger partial charge in [0.25, 0.3) is 0 Å². The van der Waals surface area contributed by atoms with Crippen LogP contribution in [0.1, 0.15) is 227 Å². The fourth-order valence-corrected chi connectivity index (χ4v) is 7.85. The molecule has 0 saturated heterocycles. The van der Waals surface area contributed by atoms with Crippen molar-refractivity contribution in [3.05, 3.63) is 0 Å². The maximum Gasteiger partial charge on any atom is 0.306 e. The summed E-state index contributed by atoms with van der Waals surface area (Å²) in [5, 5.41) is 6.46. The molecule has 0 aliphatic heterocycles. The van der Waals surface area contributed by atoms with E-state index in [0.717, 1.165) is 161 Å². The molecule has 68 heavy (non-hydrogen) atoms. The van der Waals surface area contributed by atoms with Crippen LogP contribution in [0.4, 0.5) is 0 Å². The quantitative estimate of drug-likeness (QED) is 0.0392. The van der Waals surface area contributed by atoms with Crippen LogP contribution in [-0.2, 0) is 42.8 Å². The number of unbranched alkanes of at least 4 members (excludes halogenated alkanes) is 20. The van der Waals surface area contributed by atoms with E-state index in [4.69, 9.17) is 34.2 Å². The minimum Gasteiger partial charge on any atom is -0.457 e. The summed E-state index contributed by atoms with van der Waals surface area (Å²) in [5.74, 6) is -0.222. The fraction of sp³-hybridized carbons (Fsp3) is 0.945. The Morgan fingerprint density at radius 1 is 0.412 bits per heavy atom. The van der Waals surface area contributed by atoms with Gasteiger partial charge in [0, 0.05) is 58.8 Å². The third-order valence-electron chi connectivity index (χ3n) is 12.2. The Kier molecular flexibility index (Phi) is 53.0. The summed E-state index contributed by atoms with van der Waals surface area (Å²) in [6.45, 7) is 18.9. The molecule has 13 nitrogen and oxygen atoms in total. The van der Waals surface area contributed by atoms with Crippen molar-refractivity contribution in [1.82, 2.24) is 15.5 Å². The van der Waals surface area contributed by atoms with Crippen molar-refractivity contribution in [3.63, 3.8) is 0 Å². The Morgan fingerprint density at radius 3 is 1.18 bits per heavy atom. The molecule has 0 aromatic carbocycles. The molecule has 0 atom stereocenters. The van der Waals surface area contributed by atoms with Gasteiger partial charge >= 0.3 is 11.9 Å². The molecule has 0 aliphatic carbocycles. The average Bonchev–Trinajstić information content (AvgIpc) is 3.33. The Balaban J connectivity index is 4.77. The Morgan fingerprint density at radius 2 is 0.779 bits per heavy atom. The van der Waals surface area contributed by atoms with Crippen molar-refractivity contribution in [2.24, 2.45) is 5.73 Å². The number of hydrogen-bond donors (Lipinski definition) is 3. The van der Waals surface area contributed by atoms with Gasteiger partial charge in [0.05, 0.1) is 26.4 Å². The molecular weight excluding hydrogens is 861 g/mol. The van der Waals surface area contributed by atoms with Crippen molar-refractivity contribution >= 4 is 17.8 Å². The molecule has 0 spiro atoms. The van der Waals surface area contributed by atoms with Gasteiger partial charge in [0.1, 0.15) is 12.2 Å². The predicted molar refractivity (Wildman–Crippen MR) is 280 cm³/mol. The highest BCUT2D eigenvalue weighted by molar-refractivity contribution is 5.76. The molecule has 0 heterocycles. The van der Waals surface area contributed by atoms with Crippen LogP contribution in [0.3, 0.4) is 0 Å². The third-order valence-corrected chi connectivity index (χ3v) is 12.2. The fourth-order valence-electron chi connectivity index (χ4n) is 7.85. The first-order valence-electron chi connectivity index (χ1n) is 28.5. The molecule has 0 rings (SSSR count). The van der Waals surface area contributed by atoms with E-state index >= 15 is 0 Å². The minimum absolute atomic E-state index is 0.106. The summed E-state index contributed by atoms with van der Waals surface area (Å²) in [6.07, 6.45) is 30.9. The summed E-state index contributed by atoms with van der Waals surface area (Å²) >= 11 is 0. The molecular formula is C55H110N4O9. The summed E-state index contributed by atoms with van der Waals surface area (Å²) in [4.78, 5) is 40.8. The zero-order valence-electron chi connectivity index (χ0n) is 44.9. The lowest BCUT2D eigenvalue weighted by Gasteiger charge is -2.22. The van der Waals surface area contributed by atoms with E-state index < -0.39 is 0 Å². The molecule has 0 aromatic rings. The Labute approximate surface area is 418 Å². The molecule has 1 amide bonds. The third kappa shape index (κ3) is 49.1. The van der Waals surface area contributed by atoms with Gasteiger partial charge in [0.15, 0.2) is 0 Å². The molecule has 404 valence electrons. The van der Waals surface area contributed by atoms with Crippen molar-refractivity contribution < 1.29 is 42.8 Å². The predicted octanol–water partition coefficient (Wildman–Crippen LogP) is 11.0. The standard InChI is InChI=1S/C55H110N4O9/c1-5-9-13-27-43-63-47-51(48-64-44-28-14-10-6-2)67-54(61)33-23-19-17-21-25-40-59(42-35-53(60)58-39-32-38-57-37-31-36-56)41-26-22-18-20-24-34-55(62)68-52(49-65-45-29-15-11-7-3)50-66-46-30-16-12-8-4/h51-52,57H,5-50,56H2,1-4H3,(H,58,60). The molecule has 0 bridgehead atoms. The normalized spacial score (nSPS) is 11.6. The number of ether oxygens (including phenoxy) is 6. The highest BCUT2D eigenvalue weighted by Gasteiger charge is 2.17. The number of amides is 1. The first-order chi connectivity index (χ1) is 33.4. The first kappa shape index (κ1) is 66.1. The monoisotopic (exact) mass is 971 g/mol. The lowest BCUT2D eigenvalue weighted by Crippen LogP contribution is -2.33. The van der Waals surface area contributed by atoms with Crippen LogP contribution in [0.15, 0.2) is 0 Å². The van der Waals surface area contributed by atoms with Crippen LogP contribution in [0.25, 0.3) is 0 Å². The Bertz CT molecular complexity index is 978. The molecule has 4 N–H and O–H groups in total. The average molecular weight is 972 g/mol. The van der Waals surface area contributed by atoms with Crippen LogP contribution in [0.5, 0.6) is 0 Å². The van der Waals surface area contributed by atoms with E-state index in [9.17, 15) is 14.4 Å². The van der Waals surface area contributed by atoms with E-state index in [1.165, 1.54) is 51.4 Å². The van der Waals surface area contributed by atoms with Crippen molar-refractivity contribution in [3.8, 4) is 0 Å². The number of carbonyl (C=O) groups excluding carboxylic acids is 3. The molecule has 0 unspecified atom stereocenters. The molecule has 0 aliphatic rings. The second-order valence-corrected chi connectivity index (χ2v) is 19.0. The summed E-state index contributed by atoms with van der Waals surface area (Å²) in [6, 6.07) is 0. The van der Waals surface area contributed by atoms with Gasteiger partial charge in [-0.05, 0) is 96.9 Å². The van der Waals surface area contributed by atoms with Gasteiger partial charge in [-0.15, -0.1) is 0 Å². The number of nitrogens with two attached hydrogens (primary N) is 1. The maximum atomic E-state index is 12.8. The van der Waals surface area contributed by atoms with E-state index in [1.807, 2.05) is 0 Å². The second-order valence-electron chi connectivity index (χ2n) is 19.0. The van der Waals surface area contributed by atoms with Crippen LogP contribution >= 0.6 is 0 Å². The van der Waals surface area contributed by atoms with Gasteiger partial charge in [-0.1, -0.05) is 143 Å². The van der Waals surface area contributed by atoms with E-state index in [2.05, 4.69) is 43.2 Å². The highest BCUT2D eigenvalue weighted by Crippen LogP contribution is 2.13. The largest absolute Gasteiger partial charge is 0.457 e. The van der Waals surface area contributed by atoms with Crippen LogP contribution in [-0.4, -0.2) is 134 Å². The zero-order valence-corrected chi connectivity index (χ0v) is 44.9. The van der Waals surface area contributed by atoms with Gasteiger partial charge < -0.3 is 49.7 Å². The van der Waals surface area contributed by atoms with Crippen molar-refractivity contribution in [2.75, 3.05) is 98.7 Å². The molecule has 13 heteroatoms. The minimum atomic E-state index is -0.358. The highest BCUT2D eigenvalue weighted by atomic mass is 16.6. The molecule has 0 fully saturated rings. The first-order valence-corrected chi connectivity index (χ1v) is 28.5. The SMILES string of the molecule is CCCCCCOCC(COCCCCCC)OC(=O)CCCCCCCN(CCCCCCCC(=O)OC(COCCCCCC)COCCCCCC)CCC(=O)NCCCNCCCN. The van der Waals surface area contributed by atoms with Crippen LogP contribution in [0, 0.1) is 0 Å². The van der Waals surface area contributed by atoms with Gasteiger partial charge in [-0.25, -0.2) is 0 Å². The second kappa shape index (κ2) is 54.5. The Hall–Kier alpha value is -1.87. The van der Waals surface area contributed by atoms with E-state index in [1.54, 1.807) is 0 Å². The zero-order chi connectivity index (χ0) is 49.6. The number of carbonyl (C=O) groups is 3. The summed E-state index contributed by atoms with van der Waals surface area (Å²) in [5.41, 5.74) is 5.58. The lowest BCUT2D eigenvalue weighted by atomic mass is 10.1. The van der Waals surface area contributed by atoms with Crippen LogP contribution in [0.2, 0.25) is 0 Å². The van der Waals surface area contributed by atoms with Gasteiger partial charge in [-0.3, -0.25) is 14.4 Å². The maximum absolute atomic E-state index is 12.8. The van der Waals surface area contributed by atoms with E-state index in [-0.39, 0.29) is 30.1 Å². The molecule has 0 aromatic heterocycles. The number of nitrogens with one attached hydrogen (secondary N) is 2. The molecule has 0 radical (unpaired) electrons. The van der Waals surface area contributed by atoms with Crippen molar-refractivity contribution in [1.29, 1.82) is 0 Å². The number of nitrogens with zero attached hydrogens (tertiary/aromatic N) is 1. The van der Waals surface area contributed by atoms with Gasteiger partial charge in [0.2, 0.25) is 5.91 Å².